The lowest BCUT2D eigenvalue weighted by Gasteiger charge is -2.36. The van der Waals surface area contributed by atoms with Crippen LogP contribution >= 0.6 is 0 Å². The van der Waals surface area contributed by atoms with Gasteiger partial charge >= 0.3 is 0 Å². The molecule has 0 heterocycles. The van der Waals surface area contributed by atoms with Crippen LogP contribution < -0.4 is 0 Å². The van der Waals surface area contributed by atoms with E-state index < -0.39 is 5.79 Å². The first-order valence-corrected chi connectivity index (χ1v) is 5.52. The van der Waals surface area contributed by atoms with Crippen molar-refractivity contribution in [2.45, 2.75) is 66.3 Å². The summed E-state index contributed by atoms with van der Waals surface area (Å²) in [7, 11) is 0. The van der Waals surface area contributed by atoms with Crippen LogP contribution in [-0.4, -0.2) is 18.0 Å². The third kappa shape index (κ3) is 6.39. The number of hydrogen-bond donors (Lipinski definition) is 0. The van der Waals surface area contributed by atoms with E-state index in [0.717, 1.165) is 13.0 Å². The van der Waals surface area contributed by atoms with Gasteiger partial charge in [-0.2, -0.15) is 0 Å². The Bertz CT molecular complexity index is 158. The molecule has 0 rings (SSSR count). The van der Waals surface area contributed by atoms with Crippen molar-refractivity contribution >= 4 is 0 Å². The topological polar surface area (TPSA) is 18.5 Å². The van der Waals surface area contributed by atoms with E-state index in [2.05, 4.69) is 41.5 Å². The van der Waals surface area contributed by atoms with E-state index in [1.165, 1.54) is 0 Å². The minimum atomic E-state index is -0.442. The van der Waals surface area contributed by atoms with Gasteiger partial charge in [0.25, 0.3) is 0 Å². The second kappa shape index (κ2) is 5.13. The molecule has 1 atom stereocenters. The average molecular weight is 202 g/mol. The van der Waals surface area contributed by atoms with Crippen molar-refractivity contribution in [1.29, 1.82) is 0 Å². The summed E-state index contributed by atoms with van der Waals surface area (Å²) in [5.41, 5.74) is -0.151. The zero-order valence-electron chi connectivity index (χ0n) is 10.8. The highest BCUT2D eigenvalue weighted by Gasteiger charge is 2.29. The first-order chi connectivity index (χ1) is 6.18. The van der Waals surface area contributed by atoms with E-state index in [0.29, 0.717) is 5.92 Å². The molecule has 0 saturated carbocycles. The molecule has 0 N–H and O–H groups in total. The third-order valence-electron chi connectivity index (χ3n) is 1.89. The molecule has 0 aliphatic carbocycles. The standard InChI is InChI=1S/C12H26O2/c1-8-12(7,13-9-10(2)3)14-11(4,5)6/h10H,8-9H2,1-7H3. The Balaban J connectivity index is 4.18. The summed E-state index contributed by atoms with van der Waals surface area (Å²) in [4.78, 5) is 0. The van der Waals surface area contributed by atoms with E-state index >= 15 is 0 Å². The Labute approximate surface area is 89.0 Å². The van der Waals surface area contributed by atoms with E-state index in [9.17, 15) is 0 Å². The van der Waals surface area contributed by atoms with Crippen LogP contribution in [0.2, 0.25) is 0 Å². The summed E-state index contributed by atoms with van der Waals surface area (Å²) >= 11 is 0. The minimum absolute atomic E-state index is 0.151. The molecule has 0 radical (unpaired) electrons. The maximum Gasteiger partial charge on any atom is 0.165 e. The molecule has 0 aliphatic rings. The highest BCUT2D eigenvalue weighted by atomic mass is 16.7. The van der Waals surface area contributed by atoms with Gasteiger partial charge in [0.05, 0.1) is 12.2 Å². The fourth-order valence-corrected chi connectivity index (χ4v) is 1.19. The summed E-state index contributed by atoms with van der Waals surface area (Å²) in [6, 6.07) is 0. The van der Waals surface area contributed by atoms with E-state index in [-0.39, 0.29) is 5.60 Å². The quantitative estimate of drug-likeness (QED) is 0.634. The fraction of sp³-hybridized carbons (Fsp3) is 1.00. The predicted molar refractivity (Wildman–Crippen MR) is 60.3 cm³/mol. The molecule has 0 fully saturated rings. The molecule has 2 nitrogen and oxygen atoms in total. The van der Waals surface area contributed by atoms with E-state index in [4.69, 9.17) is 9.47 Å². The molecule has 0 spiro atoms. The second-order valence-electron chi connectivity index (χ2n) is 5.41. The first-order valence-electron chi connectivity index (χ1n) is 5.52. The zero-order chi connectivity index (χ0) is 11.4. The molecule has 0 aromatic rings. The summed E-state index contributed by atoms with van der Waals surface area (Å²) in [5, 5.41) is 0. The lowest BCUT2D eigenvalue weighted by atomic mass is 10.1. The van der Waals surface area contributed by atoms with Crippen molar-refractivity contribution in [3.63, 3.8) is 0 Å². The van der Waals surface area contributed by atoms with Crippen molar-refractivity contribution in [1.82, 2.24) is 0 Å². The maximum atomic E-state index is 5.90. The van der Waals surface area contributed by atoms with Gasteiger partial charge < -0.3 is 9.47 Å². The minimum Gasteiger partial charge on any atom is -0.350 e. The largest absolute Gasteiger partial charge is 0.350 e. The number of ether oxygens (including phenoxy) is 2. The lowest BCUT2D eigenvalue weighted by Crippen LogP contribution is -2.40. The number of rotatable bonds is 5. The average Bonchev–Trinajstić information content (AvgIpc) is 1.98. The van der Waals surface area contributed by atoms with Gasteiger partial charge in [-0.15, -0.1) is 0 Å². The zero-order valence-corrected chi connectivity index (χ0v) is 10.8. The van der Waals surface area contributed by atoms with Gasteiger partial charge in [-0.25, -0.2) is 0 Å². The highest BCUT2D eigenvalue weighted by Crippen LogP contribution is 2.25. The second-order valence-corrected chi connectivity index (χ2v) is 5.41. The summed E-state index contributed by atoms with van der Waals surface area (Å²) in [6.07, 6.45) is 0.872. The van der Waals surface area contributed by atoms with Crippen molar-refractivity contribution in [2.24, 2.45) is 5.92 Å². The van der Waals surface area contributed by atoms with Gasteiger partial charge in [-0.3, -0.25) is 0 Å². The van der Waals surface area contributed by atoms with Crippen LogP contribution in [0.15, 0.2) is 0 Å². The van der Waals surface area contributed by atoms with Crippen LogP contribution in [0, 0.1) is 5.92 Å². The normalized spacial score (nSPS) is 17.1. The van der Waals surface area contributed by atoms with Gasteiger partial charge in [0, 0.05) is 0 Å². The lowest BCUT2D eigenvalue weighted by molar-refractivity contribution is -0.272. The van der Waals surface area contributed by atoms with Crippen molar-refractivity contribution < 1.29 is 9.47 Å². The number of hydrogen-bond acceptors (Lipinski definition) is 2. The van der Waals surface area contributed by atoms with Gasteiger partial charge in [0.2, 0.25) is 0 Å². The Morgan fingerprint density at radius 3 is 1.86 bits per heavy atom. The Kier molecular flexibility index (Phi) is 5.10. The van der Waals surface area contributed by atoms with E-state index in [1.807, 2.05) is 6.92 Å². The van der Waals surface area contributed by atoms with Crippen LogP contribution in [-0.2, 0) is 9.47 Å². The summed E-state index contributed by atoms with van der Waals surface area (Å²) in [5.74, 6) is 0.104. The smallest absolute Gasteiger partial charge is 0.165 e. The van der Waals surface area contributed by atoms with Crippen molar-refractivity contribution in [2.75, 3.05) is 6.61 Å². The molecule has 0 saturated heterocycles. The molecule has 1 unspecified atom stereocenters. The summed E-state index contributed by atoms with van der Waals surface area (Å²) < 4.78 is 11.7. The fourth-order valence-electron chi connectivity index (χ4n) is 1.19. The monoisotopic (exact) mass is 202 g/mol. The Morgan fingerprint density at radius 1 is 1.07 bits per heavy atom. The molecular formula is C12H26O2. The van der Waals surface area contributed by atoms with Crippen LogP contribution in [0.1, 0.15) is 54.9 Å². The SMILES string of the molecule is CCC(C)(OCC(C)C)OC(C)(C)C. The molecule has 0 bridgehead atoms. The Hall–Kier alpha value is -0.0800. The molecule has 14 heavy (non-hydrogen) atoms. The van der Waals surface area contributed by atoms with Crippen molar-refractivity contribution in [3.05, 3.63) is 0 Å². The van der Waals surface area contributed by atoms with Crippen molar-refractivity contribution in [3.8, 4) is 0 Å². The third-order valence-corrected chi connectivity index (χ3v) is 1.89. The van der Waals surface area contributed by atoms with Crippen LogP contribution in [0.3, 0.4) is 0 Å². The first kappa shape index (κ1) is 13.9. The molecule has 0 aliphatic heterocycles. The van der Waals surface area contributed by atoms with Gasteiger partial charge in [0.1, 0.15) is 0 Å². The molecule has 0 aromatic carbocycles. The van der Waals surface area contributed by atoms with Crippen LogP contribution in [0.5, 0.6) is 0 Å². The molecule has 0 amide bonds. The van der Waals surface area contributed by atoms with Gasteiger partial charge in [-0.05, 0) is 40.0 Å². The van der Waals surface area contributed by atoms with E-state index in [1.54, 1.807) is 0 Å². The molecule has 0 aromatic heterocycles. The Morgan fingerprint density at radius 2 is 1.57 bits per heavy atom. The highest BCUT2D eigenvalue weighted by molar-refractivity contribution is 4.69. The molecule has 2 heteroatoms. The van der Waals surface area contributed by atoms with Crippen LogP contribution in [0.25, 0.3) is 0 Å². The maximum absolute atomic E-state index is 5.90. The van der Waals surface area contributed by atoms with Gasteiger partial charge in [0.15, 0.2) is 5.79 Å². The molecular weight excluding hydrogens is 176 g/mol. The summed E-state index contributed by atoms with van der Waals surface area (Å²) in [6.45, 7) is 15.3. The predicted octanol–water partition coefficient (Wildman–Crippen LogP) is 3.60. The van der Waals surface area contributed by atoms with Crippen LogP contribution in [0.4, 0.5) is 0 Å². The molecule has 86 valence electrons. The van der Waals surface area contributed by atoms with Gasteiger partial charge in [-0.1, -0.05) is 20.8 Å².